The zero-order valence-corrected chi connectivity index (χ0v) is 37.5. The minimum absolute atomic E-state index is 0.216. The number of aromatic amines is 2. The number of benzene rings is 4. The SMILES string of the molecule is CC(C)OC(=O)NC(C(=O)N1CCCC1c1ncc(-c2ccc(C#Cc3ccc(-c4cnc(C5CCCN5C(=O)C(NC(=O)OC(C)C)c5ccccc5)[nH]4)cc3)cc2)[nH]1)c1ccccc1. The minimum Gasteiger partial charge on any atom is -0.447 e. The van der Waals surface area contributed by atoms with Crippen molar-refractivity contribution in [2.24, 2.45) is 0 Å². The van der Waals surface area contributed by atoms with Crippen molar-refractivity contribution in [3.63, 3.8) is 0 Å². The van der Waals surface area contributed by atoms with Gasteiger partial charge in [-0.2, -0.15) is 0 Å². The lowest BCUT2D eigenvalue weighted by atomic mass is 10.0. The number of nitrogens with one attached hydrogen (secondary N) is 4. The summed E-state index contributed by atoms with van der Waals surface area (Å²) in [6.45, 7) is 8.15. The highest BCUT2D eigenvalue weighted by atomic mass is 16.6. The van der Waals surface area contributed by atoms with Gasteiger partial charge in [0.1, 0.15) is 23.7 Å². The Morgan fingerprint density at radius 1 is 0.576 bits per heavy atom. The summed E-state index contributed by atoms with van der Waals surface area (Å²) >= 11 is 0. The fraction of sp³-hybridized carbons (Fsp3) is 0.308. The number of carbonyl (C=O) groups excluding carboxylic acids is 4. The maximum absolute atomic E-state index is 14.1. The molecule has 0 radical (unpaired) electrons. The molecule has 14 nitrogen and oxygen atoms in total. The van der Waals surface area contributed by atoms with Crippen molar-refractivity contribution < 1.29 is 28.7 Å². The number of amides is 4. The molecular weight excluding hydrogens is 833 g/mol. The van der Waals surface area contributed by atoms with Crippen LogP contribution in [0.15, 0.2) is 122 Å². The van der Waals surface area contributed by atoms with Gasteiger partial charge in [0.2, 0.25) is 0 Å². The van der Waals surface area contributed by atoms with Crippen molar-refractivity contribution in [1.82, 2.24) is 40.4 Å². The Morgan fingerprint density at radius 3 is 1.32 bits per heavy atom. The molecule has 2 aliphatic heterocycles. The van der Waals surface area contributed by atoms with E-state index < -0.39 is 24.3 Å². The second-order valence-electron chi connectivity index (χ2n) is 17.0. The highest BCUT2D eigenvalue weighted by Gasteiger charge is 2.39. The molecule has 4 unspecified atom stereocenters. The molecule has 6 aromatic rings. The van der Waals surface area contributed by atoms with E-state index in [2.05, 4.69) is 32.4 Å². The van der Waals surface area contributed by atoms with Gasteiger partial charge in [0.05, 0.1) is 48.1 Å². The van der Waals surface area contributed by atoms with Crippen molar-refractivity contribution in [3.05, 3.63) is 155 Å². The molecule has 0 aliphatic carbocycles. The Kier molecular flexibility index (Phi) is 13.9. The largest absolute Gasteiger partial charge is 0.447 e. The number of nitrogens with zero attached hydrogens (tertiary/aromatic N) is 4. The number of carbonyl (C=O) groups is 4. The molecule has 4 atom stereocenters. The molecule has 66 heavy (non-hydrogen) atoms. The summed E-state index contributed by atoms with van der Waals surface area (Å²) in [5.41, 5.74) is 6.57. The lowest BCUT2D eigenvalue weighted by Crippen LogP contribution is -2.43. The van der Waals surface area contributed by atoms with Crippen LogP contribution in [0.25, 0.3) is 22.5 Å². The molecule has 4 N–H and O–H groups in total. The minimum atomic E-state index is -0.897. The Balaban J connectivity index is 0.897. The van der Waals surface area contributed by atoms with Gasteiger partial charge in [-0.1, -0.05) is 96.8 Å². The van der Waals surface area contributed by atoms with Gasteiger partial charge in [-0.05, 0) is 99.9 Å². The van der Waals surface area contributed by atoms with E-state index in [0.29, 0.717) is 35.9 Å². The van der Waals surface area contributed by atoms with Gasteiger partial charge in [-0.25, -0.2) is 19.6 Å². The summed E-state index contributed by atoms with van der Waals surface area (Å²) in [6.07, 6.45) is 4.73. The lowest BCUT2D eigenvalue weighted by Gasteiger charge is -2.28. The summed E-state index contributed by atoms with van der Waals surface area (Å²) in [7, 11) is 0. The number of hydrogen-bond donors (Lipinski definition) is 4. The van der Waals surface area contributed by atoms with Crippen LogP contribution in [-0.4, -0.2) is 79.0 Å². The van der Waals surface area contributed by atoms with E-state index in [1.165, 1.54) is 0 Å². The quantitative estimate of drug-likeness (QED) is 0.0882. The summed E-state index contributed by atoms with van der Waals surface area (Å²) in [5, 5.41) is 5.58. The molecule has 2 aromatic heterocycles. The molecule has 338 valence electrons. The number of rotatable bonds is 12. The topological polar surface area (TPSA) is 175 Å². The van der Waals surface area contributed by atoms with Crippen LogP contribution < -0.4 is 10.6 Å². The van der Waals surface area contributed by atoms with Crippen LogP contribution in [0.5, 0.6) is 0 Å². The first-order valence-corrected chi connectivity index (χ1v) is 22.5. The van der Waals surface area contributed by atoms with Crippen molar-refractivity contribution in [2.45, 2.75) is 89.8 Å². The molecule has 2 fully saturated rings. The monoisotopic (exact) mass is 886 g/mol. The molecular formula is C52H54N8O6. The van der Waals surface area contributed by atoms with E-state index in [4.69, 9.17) is 19.4 Å². The van der Waals surface area contributed by atoms with Gasteiger partial charge < -0.3 is 39.9 Å². The first-order valence-electron chi connectivity index (χ1n) is 22.5. The average molecular weight is 887 g/mol. The van der Waals surface area contributed by atoms with E-state index in [9.17, 15) is 19.2 Å². The molecule has 0 saturated carbocycles. The number of aromatic nitrogens is 4. The predicted molar refractivity (Wildman–Crippen MR) is 249 cm³/mol. The van der Waals surface area contributed by atoms with Gasteiger partial charge in [-0.15, -0.1) is 0 Å². The third-order valence-corrected chi connectivity index (χ3v) is 11.6. The van der Waals surface area contributed by atoms with Crippen LogP contribution in [0.4, 0.5) is 9.59 Å². The van der Waals surface area contributed by atoms with Crippen molar-refractivity contribution in [2.75, 3.05) is 13.1 Å². The van der Waals surface area contributed by atoms with Crippen LogP contribution in [0.1, 0.15) is 111 Å². The first-order chi connectivity index (χ1) is 32.0. The Hall–Kier alpha value is -7.66. The second-order valence-corrected chi connectivity index (χ2v) is 17.0. The van der Waals surface area contributed by atoms with Crippen LogP contribution in [-0.2, 0) is 19.1 Å². The molecule has 4 amide bonds. The standard InChI is InChI=1S/C52H54N8O6/c1-33(2)65-51(63)57-45(39-13-7-5-8-14-39)49(61)59-29-11-17-43(59)47-53-31-41(55-47)37-25-21-35(22-26-37)19-20-36-23-27-38(28-24-36)42-32-54-48(56-42)44-18-12-30-60(44)50(62)46(40-15-9-6-10-16-40)58-52(64)66-34(3)4/h5-10,13-16,21-28,31-34,43-46H,11-12,17-18,29-30H2,1-4H3,(H,53,55)(H,54,56)(H,57,63)(H,58,64). The zero-order valence-electron chi connectivity index (χ0n) is 37.5. The van der Waals surface area contributed by atoms with Gasteiger partial charge in [0.15, 0.2) is 0 Å². The number of likely N-dealkylation sites (tertiary alicyclic amines) is 2. The number of hydrogen-bond acceptors (Lipinski definition) is 8. The number of H-pyrrole nitrogens is 2. The highest BCUT2D eigenvalue weighted by molar-refractivity contribution is 5.88. The van der Waals surface area contributed by atoms with Crippen LogP contribution in [0, 0.1) is 11.8 Å². The maximum atomic E-state index is 14.1. The fourth-order valence-corrected chi connectivity index (χ4v) is 8.48. The van der Waals surface area contributed by atoms with Gasteiger partial charge in [0.25, 0.3) is 11.8 Å². The van der Waals surface area contributed by atoms with E-state index >= 15 is 0 Å². The summed E-state index contributed by atoms with van der Waals surface area (Å²) < 4.78 is 10.6. The molecule has 4 aromatic carbocycles. The maximum Gasteiger partial charge on any atom is 0.408 e. The lowest BCUT2D eigenvalue weighted by molar-refractivity contribution is -0.135. The normalized spacial score (nSPS) is 16.6. The smallest absolute Gasteiger partial charge is 0.408 e. The van der Waals surface area contributed by atoms with Crippen LogP contribution in [0.3, 0.4) is 0 Å². The summed E-state index contributed by atoms with van der Waals surface area (Å²) in [4.78, 5) is 73.3. The highest BCUT2D eigenvalue weighted by Crippen LogP contribution is 2.36. The van der Waals surface area contributed by atoms with Crippen LogP contribution >= 0.6 is 0 Å². The molecule has 0 spiro atoms. The molecule has 2 aliphatic rings. The molecule has 14 heteroatoms. The molecule has 8 rings (SSSR count). The summed E-state index contributed by atoms with van der Waals surface area (Å²) in [5.74, 6) is 7.47. The van der Waals surface area contributed by atoms with E-state index in [1.54, 1.807) is 49.9 Å². The Bertz CT molecular complexity index is 2500. The predicted octanol–water partition coefficient (Wildman–Crippen LogP) is 8.95. The van der Waals surface area contributed by atoms with E-state index in [1.807, 2.05) is 109 Å². The number of alkyl carbamates (subject to hydrolysis) is 2. The van der Waals surface area contributed by atoms with Crippen molar-refractivity contribution >= 4 is 24.0 Å². The number of imidazole rings is 2. The van der Waals surface area contributed by atoms with Crippen molar-refractivity contribution in [3.8, 4) is 34.4 Å². The Labute approximate surface area is 384 Å². The summed E-state index contributed by atoms with van der Waals surface area (Å²) in [6, 6.07) is 31.9. The molecule has 2 saturated heterocycles. The number of ether oxygens (including phenoxy) is 2. The average Bonchev–Trinajstić information content (AvgIpc) is 4.17. The van der Waals surface area contributed by atoms with E-state index in [-0.39, 0.29) is 36.1 Å². The van der Waals surface area contributed by atoms with Crippen molar-refractivity contribution in [1.29, 1.82) is 0 Å². The fourth-order valence-electron chi connectivity index (χ4n) is 8.48. The van der Waals surface area contributed by atoms with Gasteiger partial charge >= 0.3 is 12.2 Å². The third kappa shape index (κ3) is 10.6. The second kappa shape index (κ2) is 20.5. The van der Waals surface area contributed by atoms with E-state index in [0.717, 1.165) is 59.3 Å². The Morgan fingerprint density at radius 2 is 0.955 bits per heavy atom. The van der Waals surface area contributed by atoms with Crippen LogP contribution in [0.2, 0.25) is 0 Å². The molecule has 0 bridgehead atoms. The first kappa shape index (κ1) is 44.9. The van der Waals surface area contributed by atoms with Gasteiger partial charge in [0, 0.05) is 24.2 Å². The van der Waals surface area contributed by atoms with Gasteiger partial charge in [-0.3, -0.25) is 9.59 Å². The third-order valence-electron chi connectivity index (χ3n) is 11.6. The zero-order chi connectivity index (χ0) is 46.2. The molecule has 4 heterocycles.